The molecule has 0 bridgehead atoms. The van der Waals surface area contributed by atoms with E-state index in [0.29, 0.717) is 23.1 Å². The number of carbonyl (C=O) groups excluding carboxylic acids is 2. The van der Waals surface area contributed by atoms with Gasteiger partial charge in [0.2, 0.25) is 15.9 Å². The van der Waals surface area contributed by atoms with E-state index in [1.54, 1.807) is 0 Å². The van der Waals surface area contributed by atoms with E-state index in [-0.39, 0.29) is 29.0 Å². The number of nitrogens with two attached hydrogens (primary N) is 1. The van der Waals surface area contributed by atoms with Crippen molar-refractivity contribution in [2.75, 3.05) is 23.6 Å². The van der Waals surface area contributed by atoms with Crippen LogP contribution in [0.2, 0.25) is 10.0 Å². The van der Waals surface area contributed by atoms with Crippen molar-refractivity contribution < 1.29 is 22.4 Å². The largest absolute Gasteiger partial charge is 0.368 e. The summed E-state index contributed by atoms with van der Waals surface area (Å²) >= 11 is 12.2. The van der Waals surface area contributed by atoms with Gasteiger partial charge in [-0.15, -0.1) is 0 Å². The first-order chi connectivity index (χ1) is 18.4. The van der Waals surface area contributed by atoms with E-state index in [1.165, 1.54) is 13.0 Å². The summed E-state index contributed by atoms with van der Waals surface area (Å²) < 4.78 is 42.4. The second kappa shape index (κ2) is 11.9. The Hall–Kier alpha value is -3.18. The summed E-state index contributed by atoms with van der Waals surface area (Å²) in [6.45, 7) is 2.41. The normalized spacial score (nSPS) is 15.0. The number of amides is 2. The molecule has 1 fully saturated rings. The summed E-state index contributed by atoms with van der Waals surface area (Å²) in [7, 11) is -3.86. The van der Waals surface area contributed by atoms with Gasteiger partial charge in [-0.1, -0.05) is 47.5 Å². The van der Waals surface area contributed by atoms with Crippen LogP contribution in [-0.2, 0) is 14.8 Å². The van der Waals surface area contributed by atoms with Crippen LogP contribution in [0.25, 0.3) is 0 Å². The van der Waals surface area contributed by atoms with Crippen molar-refractivity contribution in [3.8, 4) is 0 Å². The topological polar surface area (TPSA) is 122 Å². The van der Waals surface area contributed by atoms with Crippen molar-refractivity contribution in [1.82, 2.24) is 10.2 Å². The van der Waals surface area contributed by atoms with Crippen molar-refractivity contribution in [1.29, 1.82) is 0 Å². The van der Waals surface area contributed by atoms with Crippen LogP contribution in [0.5, 0.6) is 0 Å². The fraction of sp³-hybridized carbons (Fsp3) is 0.259. The maximum absolute atomic E-state index is 14.2. The second-order valence-corrected chi connectivity index (χ2v) is 12.2. The van der Waals surface area contributed by atoms with Gasteiger partial charge in [0.25, 0.3) is 5.91 Å². The number of sulfonamides is 1. The van der Waals surface area contributed by atoms with Crippen LogP contribution in [0.15, 0.2) is 66.7 Å². The number of carbonyl (C=O) groups is 2. The van der Waals surface area contributed by atoms with Crippen LogP contribution >= 0.6 is 23.2 Å². The molecule has 4 N–H and O–H groups in total. The van der Waals surface area contributed by atoms with Crippen LogP contribution in [0.3, 0.4) is 0 Å². The van der Waals surface area contributed by atoms with Crippen LogP contribution in [0, 0.1) is 11.7 Å². The van der Waals surface area contributed by atoms with Gasteiger partial charge in [0.1, 0.15) is 11.9 Å². The van der Waals surface area contributed by atoms with Gasteiger partial charge in [0.15, 0.2) is 0 Å². The molecule has 206 valence electrons. The smallest absolute Gasteiger partial charge is 0.252 e. The number of anilines is 1. The molecule has 2 amide bonds. The van der Waals surface area contributed by atoms with Crippen molar-refractivity contribution in [3.05, 3.63) is 99.3 Å². The number of likely N-dealkylation sites (tertiary alicyclic amines) is 1. The standard InChI is InChI=1S/C27H27Cl2FN4O4S/c1-16(26(31)35)32-27(36)20-10-23(30)12-24(11-20)33-39(37,38)15-17-13-34(14-17)25(18-2-6-21(28)7-3-18)19-4-8-22(29)9-5-19/h2-12,16-17,25,33H,13-15H2,1H3,(H2,31,35)(H,32,36). The van der Waals surface area contributed by atoms with Gasteiger partial charge in [-0.2, -0.15) is 0 Å². The molecule has 3 aromatic carbocycles. The molecule has 0 aromatic heterocycles. The molecule has 12 heteroatoms. The molecule has 4 rings (SSSR count). The van der Waals surface area contributed by atoms with Crippen LogP contribution < -0.4 is 15.8 Å². The summed E-state index contributed by atoms with van der Waals surface area (Å²) in [6, 6.07) is 17.0. The van der Waals surface area contributed by atoms with E-state index < -0.39 is 33.7 Å². The van der Waals surface area contributed by atoms with Crippen LogP contribution in [0.1, 0.15) is 34.5 Å². The van der Waals surface area contributed by atoms with Crippen molar-refractivity contribution in [2.45, 2.75) is 19.0 Å². The SMILES string of the molecule is CC(NC(=O)c1cc(F)cc(NS(=O)(=O)CC2CN(C(c3ccc(Cl)cc3)c3ccc(Cl)cc3)C2)c1)C(N)=O. The molecule has 0 saturated carbocycles. The van der Waals surface area contributed by atoms with Crippen LogP contribution in [-0.4, -0.2) is 50.0 Å². The number of nitrogens with one attached hydrogen (secondary N) is 2. The molecule has 1 saturated heterocycles. The zero-order valence-corrected chi connectivity index (χ0v) is 23.2. The fourth-order valence-corrected chi connectivity index (χ4v) is 6.14. The highest BCUT2D eigenvalue weighted by atomic mass is 35.5. The van der Waals surface area contributed by atoms with Gasteiger partial charge >= 0.3 is 0 Å². The van der Waals surface area contributed by atoms with E-state index in [9.17, 15) is 22.4 Å². The molecule has 1 heterocycles. The summed E-state index contributed by atoms with van der Waals surface area (Å²) in [4.78, 5) is 25.7. The summed E-state index contributed by atoms with van der Waals surface area (Å²) in [5.41, 5.74) is 6.92. The minimum absolute atomic E-state index is 0.0942. The third-order valence-electron chi connectivity index (χ3n) is 6.38. The number of hydrogen-bond donors (Lipinski definition) is 3. The lowest BCUT2D eigenvalue weighted by molar-refractivity contribution is -0.119. The molecule has 1 aliphatic rings. The molecule has 1 unspecified atom stereocenters. The minimum atomic E-state index is -3.86. The van der Waals surface area contributed by atoms with Crippen LogP contribution in [0.4, 0.5) is 10.1 Å². The molecule has 0 spiro atoms. The van der Waals surface area contributed by atoms with Gasteiger partial charge in [-0.25, -0.2) is 12.8 Å². The van der Waals surface area contributed by atoms with E-state index in [4.69, 9.17) is 28.9 Å². The minimum Gasteiger partial charge on any atom is -0.368 e. The lowest BCUT2D eigenvalue weighted by Gasteiger charge is -2.44. The zero-order valence-electron chi connectivity index (χ0n) is 20.9. The third-order valence-corrected chi connectivity index (χ3v) is 8.35. The summed E-state index contributed by atoms with van der Waals surface area (Å²) in [6.07, 6.45) is 0. The Labute approximate surface area is 236 Å². The van der Waals surface area contributed by atoms with Gasteiger partial charge < -0.3 is 11.1 Å². The second-order valence-electron chi connectivity index (χ2n) is 9.54. The first kappa shape index (κ1) is 28.8. The molecule has 39 heavy (non-hydrogen) atoms. The number of primary amides is 1. The Bertz CT molecular complexity index is 1420. The molecule has 3 aromatic rings. The van der Waals surface area contributed by atoms with Gasteiger partial charge in [-0.3, -0.25) is 19.2 Å². The number of halogens is 3. The Morgan fingerprint density at radius 3 is 2.05 bits per heavy atom. The molecule has 0 aliphatic carbocycles. The number of benzene rings is 3. The zero-order chi connectivity index (χ0) is 28.3. The maximum Gasteiger partial charge on any atom is 0.252 e. The Morgan fingerprint density at radius 1 is 1.00 bits per heavy atom. The quantitative estimate of drug-likeness (QED) is 0.326. The van der Waals surface area contributed by atoms with Crippen molar-refractivity contribution >= 4 is 50.7 Å². The van der Waals surface area contributed by atoms with E-state index in [0.717, 1.165) is 23.3 Å². The molecule has 8 nitrogen and oxygen atoms in total. The van der Waals surface area contributed by atoms with Crippen molar-refractivity contribution in [3.63, 3.8) is 0 Å². The Kier molecular flexibility index (Phi) is 8.80. The monoisotopic (exact) mass is 592 g/mol. The number of nitrogens with zero attached hydrogens (tertiary/aromatic N) is 1. The van der Waals surface area contributed by atoms with Crippen molar-refractivity contribution in [2.24, 2.45) is 11.7 Å². The number of rotatable bonds is 10. The summed E-state index contributed by atoms with van der Waals surface area (Å²) in [5, 5.41) is 3.57. The summed E-state index contributed by atoms with van der Waals surface area (Å²) in [5.74, 6) is -2.68. The predicted octanol–water partition coefficient (Wildman–Crippen LogP) is 4.20. The molecule has 1 atom stereocenters. The third kappa shape index (κ3) is 7.48. The average Bonchev–Trinajstić information content (AvgIpc) is 2.83. The molecular formula is C27H27Cl2FN4O4S. The highest BCUT2D eigenvalue weighted by Gasteiger charge is 2.36. The highest BCUT2D eigenvalue weighted by Crippen LogP contribution is 2.36. The van der Waals surface area contributed by atoms with Gasteiger partial charge in [-0.05, 0) is 60.5 Å². The Balaban J connectivity index is 1.43. The average molecular weight is 594 g/mol. The highest BCUT2D eigenvalue weighted by molar-refractivity contribution is 7.92. The molecule has 0 radical (unpaired) electrons. The molecule has 1 aliphatic heterocycles. The lowest BCUT2D eigenvalue weighted by atomic mass is 9.91. The fourth-order valence-electron chi connectivity index (χ4n) is 4.49. The molecular weight excluding hydrogens is 566 g/mol. The van der Waals surface area contributed by atoms with Gasteiger partial charge in [0, 0.05) is 34.6 Å². The van der Waals surface area contributed by atoms with E-state index >= 15 is 0 Å². The van der Waals surface area contributed by atoms with Gasteiger partial charge in [0.05, 0.1) is 17.5 Å². The lowest BCUT2D eigenvalue weighted by Crippen LogP contribution is -2.51. The van der Waals surface area contributed by atoms with E-state index in [1.807, 2.05) is 48.5 Å². The number of hydrogen-bond acceptors (Lipinski definition) is 5. The maximum atomic E-state index is 14.2. The van der Waals surface area contributed by atoms with E-state index in [2.05, 4.69) is 14.9 Å². The predicted molar refractivity (Wildman–Crippen MR) is 150 cm³/mol. The Morgan fingerprint density at radius 2 is 1.54 bits per heavy atom. The first-order valence-corrected chi connectivity index (χ1v) is 14.5. The first-order valence-electron chi connectivity index (χ1n) is 12.1.